The van der Waals surface area contributed by atoms with Crippen molar-refractivity contribution < 1.29 is 4.42 Å². The molecule has 1 saturated carbocycles. The van der Waals surface area contributed by atoms with E-state index in [1.165, 1.54) is 31.2 Å². The summed E-state index contributed by atoms with van der Waals surface area (Å²) in [5.74, 6) is 1.98. The van der Waals surface area contributed by atoms with E-state index in [4.69, 9.17) is 16.0 Å². The SMILES string of the molecule is Clc1ccc(CC2CCN(c3nnc(C4CCC4)o3)C2)cc1. The Bertz CT molecular complexity index is 636. The fourth-order valence-electron chi connectivity index (χ4n) is 3.30. The molecule has 22 heavy (non-hydrogen) atoms. The highest BCUT2D eigenvalue weighted by Crippen LogP contribution is 2.36. The summed E-state index contributed by atoms with van der Waals surface area (Å²) in [5.41, 5.74) is 1.34. The number of nitrogens with zero attached hydrogens (tertiary/aromatic N) is 3. The Morgan fingerprint density at radius 3 is 2.68 bits per heavy atom. The van der Waals surface area contributed by atoms with E-state index in [0.29, 0.717) is 17.9 Å². The summed E-state index contributed by atoms with van der Waals surface area (Å²) >= 11 is 5.94. The lowest BCUT2D eigenvalue weighted by Gasteiger charge is -2.21. The zero-order valence-electron chi connectivity index (χ0n) is 12.5. The second kappa shape index (κ2) is 5.92. The van der Waals surface area contributed by atoms with Crippen molar-refractivity contribution in [1.29, 1.82) is 0 Å². The van der Waals surface area contributed by atoms with Gasteiger partial charge in [-0.2, -0.15) is 0 Å². The molecule has 5 heteroatoms. The van der Waals surface area contributed by atoms with Crippen molar-refractivity contribution in [3.63, 3.8) is 0 Å². The number of hydrogen-bond donors (Lipinski definition) is 0. The van der Waals surface area contributed by atoms with Crippen LogP contribution in [0.25, 0.3) is 0 Å². The molecule has 2 aromatic rings. The maximum Gasteiger partial charge on any atom is 0.318 e. The minimum Gasteiger partial charge on any atom is -0.408 e. The molecule has 1 aromatic heterocycles. The molecular formula is C17H20ClN3O. The molecule has 0 N–H and O–H groups in total. The van der Waals surface area contributed by atoms with Gasteiger partial charge in [0.25, 0.3) is 0 Å². The molecule has 1 unspecified atom stereocenters. The molecule has 1 aliphatic carbocycles. The normalized spacial score (nSPS) is 22.0. The van der Waals surface area contributed by atoms with E-state index in [1.807, 2.05) is 12.1 Å². The van der Waals surface area contributed by atoms with E-state index in [-0.39, 0.29) is 0 Å². The van der Waals surface area contributed by atoms with Gasteiger partial charge in [-0.3, -0.25) is 0 Å². The molecule has 116 valence electrons. The molecule has 2 aliphatic rings. The molecule has 1 aliphatic heterocycles. The average molecular weight is 318 g/mol. The highest BCUT2D eigenvalue weighted by molar-refractivity contribution is 6.30. The summed E-state index contributed by atoms with van der Waals surface area (Å²) in [4.78, 5) is 2.23. The monoisotopic (exact) mass is 317 g/mol. The average Bonchev–Trinajstić information content (AvgIpc) is 3.09. The summed E-state index contributed by atoms with van der Waals surface area (Å²) in [7, 11) is 0. The van der Waals surface area contributed by atoms with Crippen molar-refractivity contribution in [3.8, 4) is 0 Å². The van der Waals surface area contributed by atoms with Gasteiger partial charge in [0.2, 0.25) is 5.89 Å². The Labute approximate surface area is 135 Å². The van der Waals surface area contributed by atoms with Gasteiger partial charge >= 0.3 is 6.01 Å². The van der Waals surface area contributed by atoms with Crippen LogP contribution in [0.15, 0.2) is 28.7 Å². The summed E-state index contributed by atoms with van der Waals surface area (Å²) in [6, 6.07) is 8.87. The van der Waals surface area contributed by atoms with Crippen LogP contribution in [-0.4, -0.2) is 23.3 Å². The van der Waals surface area contributed by atoms with E-state index in [9.17, 15) is 0 Å². The van der Waals surface area contributed by atoms with Gasteiger partial charge < -0.3 is 9.32 Å². The molecule has 2 heterocycles. The van der Waals surface area contributed by atoms with E-state index < -0.39 is 0 Å². The lowest BCUT2D eigenvalue weighted by atomic mass is 9.85. The first-order valence-electron chi connectivity index (χ1n) is 8.11. The van der Waals surface area contributed by atoms with Crippen molar-refractivity contribution in [3.05, 3.63) is 40.7 Å². The van der Waals surface area contributed by atoms with E-state index in [2.05, 4.69) is 27.2 Å². The molecule has 0 bridgehead atoms. The lowest BCUT2D eigenvalue weighted by molar-refractivity contribution is 0.336. The van der Waals surface area contributed by atoms with Crippen LogP contribution in [0.2, 0.25) is 5.02 Å². The van der Waals surface area contributed by atoms with Crippen LogP contribution in [0.1, 0.15) is 43.1 Å². The van der Waals surface area contributed by atoms with Crippen LogP contribution < -0.4 is 4.90 Å². The van der Waals surface area contributed by atoms with Crippen molar-refractivity contribution in [2.45, 2.75) is 38.0 Å². The Kier molecular flexibility index (Phi) is 3.78. The first kappa shape index (κ1) is 14.1. The maximum absolute atomic E-state index is 5.94. The number of benzene rings is 1. The highest BCUT2D eigenvalue weighted by atomic mass is 35.5. The molecule has 0 radical (unpaired) electrons. The standard InChI is InChI=1S/C17H20ClN3O/c18-15-6-4-12(5-7-15)10-13-8-9-21(11-13)17-20-19-16(22-17)14-2-1-3-14/h4-7,13-14H,1-3,8-11H2. The number of anilines is 1. The second-order valence-corrected chi connectivity index (χ2v) is 6.92. The molecule has 4 nitrogen and oxygen atoms in total. The molecule has 0 amide bonds. The van der Waals surface area contributed by atoms with Crippen LogP contribution in [-0.2, 0) is 6.42 Å². The van der Waals surface area contributed by atoms with Gasteiger partial charge in [-0.25, -0.2) is 0 Å². The topological polar surface area (TPSA) is 42.2 Å². The van der Waals surface area contributed by atoms with Crippen LogP contribution in [0.3, 0.4) is 0 Å². The van der Waals surface area contributed by atoms with Crippen molar-refractivity contribution in [1.82, 2.24) is 10.2 Å². The van der Waals surface area contributed by atoms with Gasteiger partial charge in [-0.05, 0) is 49.3 Å². The Balaban J connectivity index is 1.37. The third kappa shape index (κ3) is 2.84. The predicted molar refractivity (Wildman–Crippen MR) is 86.4 cm³/mol. The first-order valence-corrected chi connectivity index (χ1v) is 8.48. The Morgan fingerprint density at radius 2 is 1.95 bits per heavy atom. The van der Waals surface area contributed by atoms with Crippen LogP contribution in [0.4, 0.5) is 6.01 Å². The molecule has 1 aromatic carbocycles. The smallest absolute Gasteiger partial charge is 0.318 e. The molecule has 0 spiro atoms. The zero-order valence-corrected chi connectivity index (χ0v) is 13.3. The lowest BCUT2D eigenvalue weighted by Crippen LogP contribution is -2.20. The van der Waals surface area contributed by atoms with Crippen molar-refractivity contribution >= 4 is 17.6 Å². The zero-order chi connectivity index (χ0) is 14.9. The number of halogens is 1. The summed E-state index contributed by atoms with van der Waals surface area (Å²) in [6.07, 6.45) is 5.93. The number of rotatable bonds is 4. The third-order valence-corrected chi connectivity index (χ3v) is 5.13. The van der Waals surface area contributed by atoms with Gasteiger partial charge in [0, 0.05) is 24.0 Å². The minimum atomic E-state index is 0.508. The van der Waals surface area contributed by atoms with E-state index in [0.717, 1.165) is 30.4 Å². The highest BCUT2D eigenvalue weighted by Gasteiger charge is 2.29. The van der Waals surface area contributed by atoms with E-state index >= 15 is 0 Å². The maximum atomic E-state index is 5.94. The molecular weight excluding hydrogens is 298 g/mol. The van der Waals surface area contributed by atoms with Crippen LogP contribution in [0.5, 0.6) is 0 Å². The second-order valence-electron chi connectivity index (χ2n) is 6.48. The molecule has 2 fully saturated rings. The molecule has 1 saturated heterocycles. The van der Waals surface area contributed by atoms with Gasteiger partial charge in [0.1, 0.15) is 0 Å². The largest absolute Gasteiger partial charge is 0.408 e. The molecule has 1 atom stereocenters. The Hall–Kier alpha value is -1.55. The number of aromatic nitrogens is 2. The van der Waals surface area contributed by atoms with Gasteiger partial charge in [-0.1, -0.05) is 35.3 Å². The van der Waals surface area contributed by atoms with E-state index in [1.54, 1.807) is 0 Å². The summed E-state index contributed by atoms with van der Waals surface area (Å²) in [5, 5.41) is 9.27. The Morgan fingerprint density at radius 1 is 1.14 bits per heavy atom. The predicted octanol–water partition coefficient (Wildman–Crippen LogP) is 4.06. The summed E-state index contributed by atoms with van der Waals surface area (Å²) in [6.45, 7) is 2.00. The van der Waals surface area contributed by atoms with Crippen LogP contribution in [0, 0.1) is 5.92 Å². The van der Waals surface area contributed by atoms with Gasteiger partial charge in [-0.15, -0.1) is 5.10 Å². The third-order valence-electron chi connectivity index (χ3n) is 4.88. The van der Waals surface area contributed by atoms with Gasteiger partial charge in [0.15, 0.2) is 0 Å². The fraction of sp³-hybridized carbons (Fsp3) is 0.529. The van der Waals surface area contributed by atoms with Gasteiger partial charge in [0.05, 0.1) is 0 Å². The summed E-state index contributed by atoms with van der Waals surface area (Å²) < 4.78 is 5.87. The minimum absolute atomic E-state index is 0.508. The van der Waals surface area contributed by atoms with Crippen molar-refractivity contribution in [2.75, 3.05) is 18.0 Å². The quantitative estimate of drug-likeness (QED) is 0.853. The van der Waals surface area contributed by atoms with Crippen molar-refractivity contribution in [2.24, 2.45) is 5.92 Å². The first-order chi connectivity index (χ1) is 10.8. The fourth-order valence-corrected chi connectivity index (χ4v) is 3.43. The van der Waals surface area contributed by atoms with Crippen LogP contribution >= 0.6 is 11.6 Å². The number of hydrogen-bond acceptors (Lipinski definition) is 4. The molecule has 4 rings (SSSR count).